The van der Waals surface area contributed by atoms with Gasteiger partial charge in [-0.2, -0.15) is 0 Å². The number of benzene rings is 3. The number of carbonyl (C=O) groups excluding carboxylic acids is 1. The third-order valence-electron chi connectivity index (χ3n) is 5.86. The molecule has 0 bridgehead atoms. The van der Waals surface area contributed by atoms with Gasteiger partial charge in [0.1, 0.15) is 0 Å². The molecular weight excluding hydrogens is 422 g/mol. The van der Waals surface area contributed by atoms with E-state index in [-0.39, 0.29) is 10.8 Å². The Kier molecular flexibility index (Phi) is 6.19. The summed E-state index contributed by atoms with van der Waals surface area (Å²) in [6.07, 6.45) is 0. The molecule has 7 heteroatoms. The van der Waals surface area contributed by atoms with E-state index >= 15 is 0 Å². The summed E-state index contributed by atoms with van der Waals surface area (Å²) in [5.74, 6) is -0.0798. The van der Waals surface area contributed by atoms with Crippen molar-refractivity contribution < 1.29 is 13.2 Å². The SMILES string of the molecule is Cc1ccc(NS(=O)(=O)c2ccc(C(=O)N3CCN(c4ccccc4)CC3)cc2)cc1C. The molecule has 1 N–H and O–H groups in total. The Hall–Kier alpha value is -3.32. The number of sulfonamides is 1. The van der Waals surface area contributed by atoms with Gasteiger partial charge in [0.05, 0.1) is 4.90 Å². The Morgan fingerprint density at radius 3 is 2.09 bits per heavy atom. The lowest BCUT2D eigenvalue weighted by molar-refractivity contribution is 0.0746. The Balaban J connectivity index is 1.40. The van der Waals surface area contributed by atoms with Crippen molar-refractivity contribution >= 4 is 27.3 Å². The van der Waals surface area contributed by atoms with Crippen molar-refractivity contribution in [2.45, 2.75) is 18.7 Å². The molecule has 166 valence electrons. The number of nitrogens with zero attached hydrogens (tertiary/aromatic N) is 2. The lowest BCUT2D eigenvalue weighted by atomic mass is 10.1. The molecule has 0 unspecified atom stereocenters. The zero-order chi connectivity index (χ0) is 22.7. The fourth-order valence-corrected chi connectivity index (χ4v) is 4.83. The minimum Gasteiger partial charge on any atom is -0.368 e. The fraction of sp³-hybridized carbons (Fsp3) is 0.240. The molecule has 3 aromatic carbocycles. The molecule has 32 heavy (non-hydrogen) atoms. The van der Waals surface area contributed by atoms with Crippen LogP contribution in [0, 0.1) is 13.8 Å². The van der Waals surface area contributed by atoms with E-state index in [1.54, 1.807) is 24.3 Å². The Morgan fingerprint density at radius 2 is 1.47 bits per heavy atom. The average Bonchev–Trinajstić information content (AvgIpc) is 2.81. The van der Waals surface area contributed by atoms with Gasteiger partial charge < -0.3 is 9.80 Å². The molecule has 0 aliphatic carbocycles. The van der Waals surface area contributed by atoms with Crippen LogP contribution in [-0.4, -0.2) is 45.4 Å². The van der Waals surface area contributed by atoms with Gasteiger partial charge in [-0.25, -0.2) is 8.42 Å². The first-order chi connectivity index (χ1) is 15.3. The molecule has 3 aromatic rings. The van der Waals surface area contributed by atoms with E-state index in [1.807, 2.05) is 43.0 Å². The summed E-state index contributed by atoms with van der Waals surface area (Å²) in [4.78, 5) is 17.1. The molecule has 1 amide bonds. The maximum Gasteiger partial charge on any atom is 0.261 e. The number of hydrogen-bond acceptors (Lipinski definition) is 4. The molecular formula is C25H27N3O3S. The summed E-state index contributed by atoms with van der Waals surface area (Å²) in [5, 5.41) is 0. The number of nitrogens with one attached hydrogen (secondary N) is 1. The Morgan fingerprint density at radius 1 is 0.812 bits per heavy atom. The Bertz CT molecular complexity index is 1200. The molecule has 1 fully saturated rings. The summed E-state index contributed by atoms with van der Waals surface area (Å²) in [7, 11) is -3.73. The number of hydrogen-bond donors (Lipinski definition) is 1. The summed E-state index contributed by atoms with van der Waals surface area (Å²) >= 11 is 0. The highest BCUT2D eigenvalue weighted by Crippen LogP contribution is 2.21. The largest absolute Gasteiger partial charge is 0.368 e. The number of para-hydroxylation sites is 1. The van der Waals surface area contributed by atoms with Crippen LogP contribution in [0.25, 0.3) is 0 Å². The second-order valence-corrected chi connectivity index (χ2v) is 9.73. The molecule has 0 radical (unpaired) electrons. The van der Waals surface area contributed by atoms with Crippen molar-refractivity contribution in [2.75, 3.05) is 35.8 Å². The zero-order valence-electron chi connectivity index (χ0n) is 18.3. The Labute approximate surface area is 189 Å². The molecule has 0 saturated carbocycles. The third kappa shape index (κ3) is 4.78. The van der Waals surface area contributed by atoms with E-state index in [9.17, 15) is 13.2 Å². The van der Waals surface area contributed by atoms with Gasteiger partial charge in [-0.3, -0.25) is 9.52 Å². The summed E-state index contributed by atoms with van der Waals surface area (Å²) in [6.45, 7) is 6.70. The maximum absolute atomic E-state index is 12.9. The van der Waals surface area contributed by atoms with Gasteiger partial charge in [-0.1, -0.05) is 24.3 Å². The lowest BCUT2D eigenvalue weighted by Gasteiger charge is -2.36. The lowest BCUT2D eigenvalue weighted by Crippen LogP contribution is -2.48. The molecule has 0 spiro atoms. The van der Waals surface area contributed by atoms with E-state index in [4.69, 9.17) is 0 Å². The summed E-state index contributed by atoms with van der Waals surface area (Å²) < 4.78 is 28.1. The number of amides is 1. The summed E-state index contributed by atoms with van der Waals surface area (Å²) in [5.41, 5.74) is 4.28. The fourth-order valence-electron chi connectivity index (χ4n) is 3.78. The first kappa shape index (κ1) is 21.9. The topological polar surface area (TPSA) is 69.7 Å². The van der Waals surface area contributed by atoms with Crippen LogP contribution < -0.4 is 9.62 Å². The van der Waals surface area contributed by atoms with Crippen LogP contribution in [0.15, 0.2) is 77.7 Å². The van der Waals surface area contributed by atoms with Crippen LogP contribution in [0.2, 0.25) is 0 Å². The van der Waals surface area contributed by atoms with Gasteiger partial charge in [0.15, 0.2) is 0 Å². The van der Waals surface area contributed by atoms with Gasteiger partial charge in [0, 0.05) is 43.1 Å². The van der Waals surface area contributed by atoms with Crippen molar-refractivity contribution in [3.05, 3.63) is 89.5 Å². The van der Waals surface area contributed by atoms with E-state index in [0.717, 1.165) is 29.9 Å². The average molecular weight is 450 g/mol. The van der Waals surface area contributed by atoms with Gasteiger partial charge >= 0.3 is 0 Å². The zero-order valence-corrected chi connectivity index (χ0v) is 19.1. The predicted octanol–water partition coefficient (Wildman–Crippen LogP) is 4.07. The molecule has 1 aliphatic heterocycles. The van der Waals surface area contributed by atoms with E-state index in [2.05, 4.69) is 21.8 Å². The van der Waals surface area contributed by atoms with Crippen molar-refractivity contribution in [3.63, 3.8) is 0 Å². The number of rotatable bonds is 5. The minimum atomic E-state index is -3.73. The van der Waals surface area contributed by atoms with Crippen LogP contribution in [-0.2, 0) is 10.0 Å². The highest BCUT2D eigenvalue weighted by Gasteiger charge is 2.23. The number of aryl methyl sites for hydroxylation is 2. The van der Waals surface area contributed by atoms with E-state index in [1.165, 1.54) is 12.1 Å². The molecule has 4 rings (SSSR count). The monoisotopic (exact) mass is 449 g/mol. The molecule has 1 aliphatic rings. The third-order valence-corrected chi connectivity index (χ3v) is 7.26. The van der Waals surface area contributed by atoms with Crippen molar-refractivity contribution in [2.24, 2.45) is 0 Å². The molecule has 0 atom stereocenters. The van der Waals surface area contributed by atoms with Gasteiger partial charge in [0.25, 0.3) is 15.9 Å². The standard InChI is InChI=1S/C25H27N3O3S/c1-19-8-11-22(18-20(19)2)26-32(30,31)24-12-9-21(10-13-24)25(29)28-16-14-27(15-17-28)23-6-4-3-5-7-23/h3-13,18,26H,14-17H2,1-2H3. The van der Waals surface area contributed by atoms with Crippen LogP contribution in [0.1, 0.15) is 21.5 Å². The number of carbonyl (C=O) groups is 1. The minimum absolute atomic E-state index is 0.0798. The first-order valence-corrected chi connectivity index (χ1v) is 12.1. The quantitative estimate of drug-likeness (QED) is 0.638. The van der Waals surface area contributed by atoms with E-state index in [0.29, 0.717) is 24.3 Å². The first-order valence-electron chi connectivity index (χ1n) is 10.6. The van der Waals surface area contributed by atoms with Gasteiger partial charge in [0.2, 0.25) is 0 Å². The van der Waals surface area contributed by atoms with Crippen molar-refractivity contribution in [1.82, 2.24) is 4.90 Å². The predicted molar refractivity (Wildman–Crippen MR) is 128 cm³/mol. The van der Waals surface area contributed by atoms with E-state index < -0.39 is 10.0 Å². The number of anilines is 2. The maximum atomic E-state index is 12.9. The van der Waals surface area contributed by atoms with Crippen molar-refractivity contribution in [3.8, 4) is 0 Å². The summed E-state index contributed by atoms with van der Waals surface area (Å²) in [6, 6.07) is 21.7. The van der Waals surface area contributed by atoms with Gasteiger partial charge in [-0.05, 0) is 73.5 Å². The van der Waals surface area contributed by atoms with Gasteiger partial charge in [-0.15, -0.1) is 0 Å². The molecule has 1 heterocycles. The van der Waals surface area contributed by atoms with Crippen LogP contribution in [0.5, 0.6) is 0 Å². The van der Waals surface area contributed by atoms with Crippen LogP contribution in [0.4, 0.5) is 11.4 Å². The normalized spacial score (nSPS) is 14.3. The van der Waals surface area contributed by atoms with Crippen LogP contribution >= 0.6 is 0 Å². The number of piperazine rings is 1. The van der Waals surface area contributed by atoms with Crippen molar-refractivity contribution in [1.29, 1.82) is 0 Å². The molecule has 0 aromatic heterocycles. The highest BCUT2D eigenvalue weighted by atomic mass is 32.2. The second-order valence-electron chi connectivity index (χ2n) is 8.04. The highest BCUT2D eigenvalue weighted by molar-refractivity contribution is 7.92. The smallest absolute Gasteiger partial charge is 0.261 e. The van der Waals surface area contributed by atoms with Crippen LogP contribution in [0.3, 0.4) is 0 Å². The molecule has 1 saturated heterocycles. The second kappa shape index (κ2) is 9.04. The molecule has 6 nitrogen and oxygen atoms in total.